The van der Waals surface area contributed by atoms with Gasteiger partial charge in [-0.3, -0.25) is 14.5 Å². The first kappa shape index (κ1) is 18.0. The third-order valence-corrected chi connectivity index (χ3v) is 7.68. The van der Waals surface area contributed by atoms with Gasteiger partial charge in [0.05, 0.1) is 16.8 Å². The second kappa shape index (κ2) is 6.49. The number of nitrogens with zero attached hydrogens (tertiary/aromatic N) is 2. The standard InChI is InChI=1S/C14H14Cl2N2O4S2/c1-8-4-12(11(16)5-10(8)15)24(21,22)17-3-2-9(6-17)18-13(19)7-23-14(18)20/h4-5,9H,2-3,6-7H2,1H3/t9-/m0/s1. The fraction of sp³-hybridized carbons (Fsp3) is 0.429. The van der Waals surface area contributed by atoms with Crippen molar-refractivity contribution in [3.8, 4) is 0 Å². The summed E-state index contributed by atoms with van der Waals surface area (Å²) in [5.74, 6) is -0.154. The minimum Gasteiger partial charge on any atom is -0.273 e. The van der Waals surface area contributed by atoms with Crippen LogP contribution in [-0.4, -0.2) is 53.7 Å². The van der Waals surface area contributed by atoms with Gasteiger partial charge in [-0.25, -0.2) is 8.42 Å². The van der Waals surface area contributed by atoms with Gasteiger partial charge in [0.2, 0.25) is 15.9 Å². The van der Waals surface area contributed by atoms with E-state index in [1.54, 1.807) is 6.92 Å². The highest BCUT2D eigenvalue weighted by Gasteiger charge is 2.42. The van der Waals surface area contributed by atoms with E-state index in [9.17, 15) is 18.0 Å². The Kier molecular flexibility index (Phi) is 4.87. The molecule has 1 aromatic rings. The number of carbonyl (C=O) groups is 2. The van der Waals surface area contributed by atoms with Gasteiger partial charge >= 0.3 is 0 Å². The number of benzene rings is 1. The average molecular weight is 409 g/mol. The van der Waals surface area contributed by atoms with Crippen LogP contribution in [0.4, 0.5) is 4.79 Å². The summed E-state index contributed by atoms with van der Waals surface area (Å²) in [4.78, 5) is 24.8. The molecule has 0 aliphatic carbocycles. The van der Waals surface area contributed by atoms with E-state index >= 15 is 0 Å². The second-order valence-corrected chi connectivity index (χ2v) is 9.30. The third kappa shape index (κ3) is 3.06. The molecule has 2 amide bonds. The minimum absolute atomic E-state index is 0.0137. The van der Waals surface area contributed by atoms with Crippen LogP contribution >= 0.6 is 35.0 Å². The van der Waals surface area contributed by atoms with E-state index in [0.717, 1.165) is 11.8 Å². The summed E-state index contributed by atoms with van der Waals surface area (Å²) in [5, 5.41) is 0.131. The molecule has 0 saturated carbocycles. The number of sulfonamides is 1. The van der Waals surface area contributed by atoms with Crippen LogP contribution in [0.5, 0.6) is 0 Å². The first-order valence-electron chi connectivity index (χ1n) is 7.16. The van der Waals surface area contributed by atoms with Crippen LogP contribution in [-0.2, 0) is 14.8 Å². The molecular formula is C14H14Cl2N2O4S2. The molecule has 0 aromatic heterocycles. The lowest BCUT2D eigenvalue weighted by Crippen LogP contribution is -2.41. The molecule has 2 aliphatic heterocycles. The van der Waals surface area contributed by atoms with Crippen molar-refractivity contribution in [2.75, 3.05) is 18.8 Å². The van der Waals surface area contributed by atoms with E-state index in [-0.39, 0.29) is 39.9 Å². The van der Waals surface area contributed by atoms with Gasteiger partial charge in [0.1, 0.15) is 4.90 Å². The van der Waals surface area contributed by atoms with Crippen LogP contribution in [0.15, 0.2) is 17.0 Å². The molecule has 0 spiro atoms. The maximum absolute atomic E-state index is 12.8. The summed E-state index contributed by atoms with van der Waals surface area (Å²) in [6.45, 7) is 2.01. The van der Waals surface area contributed by atoms with Crippen molar-refractivity contribution >= 4 is 56.1 Å². The molecule has 6 nitrogen and oxygen atoms in total. The number of hydrogen-bond donors (Lipinski definition) is 0. The summed E-state index contributed by atoms with van der Waals surface area (Å²) in [6.07, 6.45) is 0.418. The lowest BCUT2D eigenvalue weighted by molar-refractivity contribution is -0.126. The van der Waals surface area contributed by atoms with E-state index in [2.05, 4.69) is 0 Å². The number of halogens is 2. The zero-order valence-electron chi connectivity index (χ0n) is 12.7. The summed E-state index contributed by atoms with van der Waals surface area (Å²) >= 11 is 13.0. The van der Waals surface area contributed by atoms with E-state index < -0.39 is 16.1 Å². The number of hydrogen-bond acceptors (Lipinski definition) is 5. The van der Waals surface area contributed by atoms with Gasteiger partial charge in [-0.15, -0.1) is 0 Å². The van der Waals surface area contributed by atoms with Crippen LogP contribution < -0.4 is 0 Å². The fourth-order valence-corrected chi connectivity index (χ4v) is 5.90. The van der Waals surface area contributed by atoms with Gasteiger partial charge < -0.3 is 0 Å². The normalized spacial score (nSPS) is 22.6. The minimum atomic E-state index is -3.82. The molecule has 130 valence electrons. The molecule has 2 fully saturated rings. The zero-order valence-corrected chi connectivity index (χ0v) is 15.8. The van der Waals surface area contributed by atoms with Gasteiger partial charge in [0.15, 0.2) is 0 Å². The van der Waals surface area contributed by atoms with Gasteiger partial charge in [0.25, 0.3) is 5.24 Å². The molecule has 0 radical (unpaired) electrons. The van der Waals surface area contributed by atoms with E-state index in [4.69, 9.17) is 23.2 Å². The Morgan fingerprint density at radius 3 is 2.54 bits per heavy atom. The lowest BCUT2D eigenvalue weighted by Gasteiger charge is -2.22. The molecule has 10 heteroatoms. The van der Waals surface area contributed by atoms with Crippen molar-refractivity contribution in [3.63, 3.8) is 0 Å². The Morgan fingerprint density at radius 1 is 1.21 bits per heavy atom. The molecular weight excluding hydrogens is 395 g/mol. The monoisotopic (exact) mass is 408 g/mol. The molecule has 0 N–H and O–H groups in total. The Bertz CT molecular complexity index is 812. The van der Waals surface area contributed by atoms with Crippen molar-refractivity contribution in [3.05, 3.63) is 27.7 Å². The highest BCUT2D eigenvalue weighted by Crippen LogP contribution is 2.33. The van der Waals surface area contributed by atoms with E-state index in [1.807, 2.05) is 0 Å². The molecule has 2 aliphatic rings. The molecule has 3 rings (SSSR count). The summed E-state index contributed by atoms with van der Waals surface area (Å²) < 4.78 is 27.0. The predicted molar refractivity (Wildman–Crippen MR) is 93.1 cm³/mol. The van der Waals surface area contributed by atoms with Gasteiger partial charge in [-0.1, -0.05) is 35.0 Å². The largest absolute Gasteiger partial charge is 0.289 e. The Labute approximate surface area is 154 Å². The molecule has 24 heavy (non-hydrogen) atoms. The number of thioether (sulfide) groups is 1. The molecule has 2 heterocycles. The molecule has 1 atom stereocenters. The van der Waals surface area contributed by atoms with Crippen LogP contribution in [0.25, 0.3) is 0 Å². The van der Waals surface area contributed by atoms with E-state index in [0.29, 0.717) is 17.0 Å². The van der Waals surface area contributed by atoms with Gasteiger partial charge in [-0.2, -0.15) is 4.31 Å². The zero-order chi connectivity index (χ0) is 17.6. The summed E-state index contributed by atoms with van der Waals surface area (Å²) in [7, 11) is -3.82. The smallest absolute Gasteiger partial charge is 0.273 e. The first-order valence-corrected chi connectivity index (χ1v) is 10.3. The highest BCUT2D eigenvalue weighted by molar-refractivity contribution is 8.14. The van der Waals surface area contributed by atoms with Crippen molar-refractivity contribution in [2.24, 2.45) is 0 Å². The quantitative estimate of drug-likeness (QED) is 0.768. The Hall–Kier alpha value is -0.800. The van der Waals surface area contributed by atoms with Gasteiger partial charge in [0, 0.05) is 18.1 Å². The Balaban J connectivity index is 1.86. The number of carbonyl (C=O) groups excluding carboxylic acids is 2. The number of amides is 2. The number of imide groups is 1. The van der Waals surface area contributed by atoms with Crippen LogP contribution in [0.1, 0.15) is 12.0 Å². The number of rotatable bonds is 3. The topological polar surface area (TPSA) is 74.8 Å². The maximum atomic E-state index is 12.8. The van der Waals surface area contributed by atoms with Crippen molar-refractivity contribution in [1.82, 2.24) is 9.21 Å². The van der Waals surface area contributed by atoms with Crippen molar-refractivity contribution in [1.29, 1.82) is 0 Å². The number of aryl methyl sites for hydroxylation is 1. The predicted octanol–water partition coefficient (Wildman–Crippen LogP) is 2.76. The van der Waals surface area contributed by atoms with E-state index in [1.165, 1.54) is 21.3 Å². The lowest BCUT2D eigenvalue weighted by atomic mass is 10.2. The molecule has 2 saturated heterocycles. The average Bonchev–Trinajstić information content (AvgIpc) is 3.10. The fourth-order valence-electron chi connectivity index (χ4n) is 2.82. The third-order valence-electron chi connectivity index (χ3n) is 4.11. The van der Waals surface area contributed by atoms with Crippen LogP contribution in [0.2, 0.25) is 10.0 Å². The van der Waals surface area contributed by atoms with Crippen molar-refractivity contribution in [2.45, 2.75) is 24.3 Å². The highest BCUT2D eigenvalue weighted by atomic mass is 35.5. The Morgan fingerprint density at radius 2 is 1.92 bits per heavy atom. The molecule has 1 aromatic carbocycles. The van der Waals surface area contributed by atoms with Crippen LogP contribution in [0, 0.1) is 6.92 Å². The molecule has 0 bridgehead atoms. The second-order valence-electron chi connectivity index (χ2n) is 5.66. The van der Waals surface area contributed by atoms with Crippen molar-refractivity contribution < 1.29 is 18.0 Å². The SMILES string of the molecule is Cc1cc(S(=O)(=O)N2CC[C@H](N3C(=O)CSC3=O)C2)c(Cl)cc1Cl. The first-order chi connectivity index (χ1) is 11.2. The maximum Gasteiger partial charge on any atom is 0.289 e. The summed E-state index contributed by atoms with van der Waals surface area (Å²) in [6, 6.07) is 2.42. The van der Waals surface area contributed by atoms with Gasteiger partial charge in [-0.05, 0) is 31.0 Å². The van der Waals surface area contributed by atoms with Crippen LogP contribution in [0.3, 0.4) is 0 Å². The summed E-state index contributed by atoms with van der Waals surface area (Å²) in [5.41, 5.74) is 0.608. The molecule has 0 unspecified atom stereocenters.